The van der Waals surface area contributed by atoms with Crippen molar-refractivity contribution in [3.63, 3.8) is 0 Å². The Hall–Kier alpha value is -1.81. The molecule has 1 aromatic heterocycles. The summed E-state index contributed by atoms with van der Waals surface area (Å²) in [6.45, 7) is 2.04. The van der Waals surface area contributed by atoms with Gasteiger partial charge in [0.05, 0.1) is 0 Å². The zero-order chi connectivity index (χ0) is 12.4. The molecule has 0 radical (unpaired) electrons. The van der Waals surface area contributed by atoms with Crippen molar-refractivity contribution in [2.75, 3.05) is 17.7 Å². The highest BCUT2D eigenvalue weighted by Crippen LogP contribution is 2.29. The van der Waals surface area contributed by atoms with E-state index in [0.717, 1.165) is 5.69 Å². The van der Waals surface area contributed by atoms with E-state index in [2.05, 4.69) is 9.97 Å². The predicted molar refractivity (Wildman–Crippen MR) is 70.7 cm³/mol. The maximum atomic E-state index is 5.87. The minimum atomic E-state index is 0.272. The topological polar surface area (TPSA) is 55.0 Å². The first-order chi connectivity index (χ1) is 8.09. The SMILES string of the molecule is Cc1ccc(N(C)c2ncnc(Cl)c2N)cc1. The molecule has 1 heterocycles. The first kappa shape index (κ1) is 11.7. The number of rotatable bonds is 2. The Bertz CT molecular complexity index is 525. The molecule has 2 rings (SSSR count). The molecule has 0 fully saturated rings. The van der Waals surface area contributed by atoms with E-state index in [1.54, 1.807) is 0 Å². The van der Waals surface area contributed by atoms with Gasteiger partial charge in [-0.1, -0.05) is 29.3 Å². The summed E-state index contributed by atoms with van der Waals surface area (Å²) in [7, 11) is 1.89. The van der Waals surface area contributed by atoms with Crippen LogP contribution in [-0.4, -0.2) is 17.0 Å². The van der Waals surface area contributed by atoms with Crippen LogP contribution >= 0.6 is 11.6 Å². The van der Waals surface area contributed by atoms with Gasteiger partial charge in [-0.25, -0.2) is 9.97 Å². The number of nitrogens with zero attached hydrogens (tertiary/aromatic N) is 3. The minimum Gasteiger partial charge on any atom is -0.393 e. The van der Waals surface area contributed by atoms with E-state index in [0.29, 0.717) is 11.5 Å². The van der Waals surface area contributed by atoms with E-state index in [-0.39, 0.29) is 5.15 Å². The van der Waals surface area contributed by atoms with Gasteiger partial charge >= 0.3 is 0 Å². The molecular formula is C12H13ClN4. The van der Waals surface area contributed by atoms with E-state index in [4.69, 9.17) is 17.3 Å². The van der Waals surface area contributed by atoms with Gasteiger partial charge in [0.1, 0.15) is 12.0 Å². The number of aromatic nitrogens is 2. The molecule has 0 amide bonds. The van der Waals surface area contributed by atoms with E-state index in [9.17, 15) is 0 Å². The summed E-state index contributed by atoms with van der Waals surface area (Å²) in [6.07, 6.45) is 1.40. The number of nitrogens with two attached hydrogens (primary N) is 1. The second-order valence-corrected chi connectivity index (χ2v) is 4.15. The van der Waals surface area contributed by atoms with Crippen LogP contribution in [-0.2, 0) is 0 Å². The van der Waals surface area contributed by atoms with Crippen LogP contribution in [0.15, 0.2) is 30.6 Å². The summed E-state index contributed by atoms with van der Waals surface area (Å²) in [5, 5.41) is 0.272. The fraction of sp³-hybridized carbons (Fsp3) is 0.167. The zero-order valence-corrected chi connectivity index (χ0v) is 10.4. The maximum Gasteiger partial charge on any atom is 0.161 e. The van der Waals surface area contributed by atoms with Crippen molar-refractivity contribution in [3.05, 3.63) is 41.3 Å². The molecule has 1 aromatic carbocycles. The van der Waals surface area contributed by atoms with Gasteiger partial charge in [-0.15, -0.1) is 0 Å². The third-order valence-corrected chi connectivity index (χ3v) is 2.85. The molecule has 0 aliphatic carbocycles. The number of anilines is 3. The first-order valence-electron chi connectivity index (χ1n) is 5.16. The zero-order valence-electron chi connectivity index (χ0n) is 9.68. The molecule has 4 nitrogen and oxygen atoms in total. The molecule has 0 saturated carbocycles. The smallest absolute Gasteiger partial charge is 0.161 e. The number of nitrogen functional groups attached to an aromatic ring is 1. The average Bonchev–Trinajstić information content (AvgIpc) is 2.33. The van der Waals surface area contributed by atoms with Crippen molar-refractivity contribution in [3.8, 4) is 0 Å². The van der Waals surface area contributed by atoms with Gasteiger partial charge in [0.15, 0.2) is 11.0 Å². The lowest BCUT2D eigenvalue weighted by Crippen LogP contribution is -2.14. The summed E-state index contributed by atoms with van der Waals surface area (Å²) < 4.78 is 0. The van der Waals surface area contributed by atoms with Crippen molar-refractivity contribution in [2.45, 2.75) is 6.92 Å². The highest BCUT2D eigenvalue weighted by Gasteiger charge is 2.11. The van der Waals surface area contributed by atoms with Gasteiger partial charge in [-0.2, -0.15) is 0 Å². The third kappa shape index (κ3) is 2.31. The number of hydrogen-bond donors (Lipinski definition) is 1. The molecular weight excluding hydrogens is 236 g/mol. The number of aryl methyl sites for hydroxylation is 1. The molecule has 0 spiro atoms. The first-order valence-corrected chi connectivity index (χ1v) is 5.54. The van der Waals surface area contributed by atoms with Crippen LogP contribution in [0.3, 0.4) is 0 Å². The standard InChI is InChI=1S/C12H13ClN4/c1-8-3-5-9(6-4-8)17(2)12-10(14)11(13)15-7-16-12/h3-7H,14H2,1-2H3. The lowest BCUT2D eigenvalue weighted by atomic mass is 10.2. The second-order valence-electron chi connectivity index (χ2n) is 3.80. The van der Waals surface area contributed by atoms with Gasteiger partial charge in [0.2, 0.25) is 0 Å². The van der Waals surface area contributed by atoms with E-state index < -0.39 is 0 Å². The molecule has 17 heavy (non-hydrogen) atoms. The van der Waals surface area contributed by atoms with Gasteiger partial charge in [0, 0.05) is 12.7 Å². The molecule has 0 aliphatic heterocycles. The minimum absolute atomic E-state index is 0.272. The quantitative estimate of drug-likeness (QED) is 0.831. The van der Waals surface area contributed by atoms with Crippen LogP contribution in [0.2, 0.25) is 5.15 Å². The fourth-order valence-corrected chi connectivity index (χ4v) is 1.65. The Morgan fingerprint density at radius 2 is 1.82 bits per heavy atom. The average molecular weight is 249 g/mol. The summed E-state index contributed by atoms with van der Waals surface area (Å²) >= 11 is 5.87. The predicted octanol–water partition coefficient (Wildman–Crippen LogP) is 2.79. The van der Waals surface area contributed by atoms with Crippen molar-refractivity contribution in [1.29, 1.82) is 0 Å². The molecule has 0 aliphatic rings. The number of hydrogen-bond acceptors (Lipinski definition) is 4. The van der Waals surface area contributed by atoms with Crippen LogP contribution in [0.1, 0.15) is 5.56 Å². The molecule has 0 bridgehead atoms. The summed E-state index contributed by atoms with van der Waals surface area (Å²) in [5.74, 6) is 0.605. The van der Waals surface area contributed by atoms with Crippen LogP contribution in [0, 0.1) is 6.92 Å². The Labute approximate surface area is 105 Å². The van der Waals surface area contributed by atoms with Crippen LogP contribution in [0.5, 0.6) is 0 Å². The van der Waals surface area contributed by atoms with Crippen LogP contribution in [0.25, 0.3) is 0 Å². The summed E-state index contributed by atoms with van der Waals surface area (Å²) in [6, 6.07) is 8.07. The molecule has 0 unspecified atom stereocenters. The van der Waals surface area contributed by atoms with Crippen LogP contribution in [0.4, 0.5) is 17.2 Å². The van der Waals surface area contributed by atoms with Crippen molar-refractivity contribution in [1.82, 2.24) is 9.97 Å². The molecule has 5 heteroatoms. The number of benzene rings is 1. The summed E-state index contributed by atoms with van der Waals surface area (Å²) in [4.78, 5) is 9.85. The van der Waals surface area contributed by atoms with Gasteiger partial charge < -0.3 is 10.6 Å². The maximum absolute atomic E-state index is 5.87. The normalized spacial score (nSPS) is 10.3. The number of halogens is 1. The molecule has 2 aromatic rings. The Morgan fingerprint density at radius 3 is 2.47 bits per heavy atom. The van der Waals surface area contributed by atoms with Gasteiger partial charge in [-0.05, 0) is 19.1 Å². The largest absolute Gasteiger partial charge is 0.393 e. The Kier molecular flexibility index (Phi) is 3.15. The lowest BCUT2D eigenvalue weighted by Gasteiger charge is -2.20. The molecule has 2 N–H and O–H groups in total. The van der Waals surface area contributed by atoms with E-state index in [1.165, 1.54) is 11.9 Å². The summed E-state index contributed by atoms with van der Waals surface area (Å²) in [5.41, 5.74) is 8.44. The van der Waals surface area contributed by atoms with Gasteiger partial charge in [0.25, 0.3) is 0 Å². The lowest BCUT2D eigenvalue weighted by molar-refractivity contribution is 1.08. The molecule has 0 atom stereocenters. The van der Waals surface area contributed by atoms with Gasteiger partial charge in [-0.3, -0.25) is 0 Å². The van der Waals surface area contributed by atoms with Crippen molar-refractivity contribution in [2.24, 2.45) is 0 Å². The highest BCUT2D eigenvalue weighted by molar-refractivity contribution is 6.32. The van der Waals surface area contributed by atoms with Crippen molar-refractivity contribution >= 4 is 28.8 Å². The fourth-order valence-electron chi connectivity index (χ4n) is 1.52. The van der Waals surface area contributed by atoms with E-state index >= 15 is 0 Å². The Balaban J connectivity index is 2.40. The molecule has 88 valence electrons. The molecule has 0 saturated heterocycles. The third-order valence-electron chi connectivity index (χ3n) is 2.55. The van der Waals surface area contributed by atoms with E-state index in [1.807, 2.05) is 43.1 Å². The monoisotopic (exact) mass is 248 g/mol. The second kappa shape index (κ2) is 4.59. The Morgan fingerprint density at radius 1 is 1.18 bits per heavy atom. The highest BCUT2D eigenvalue weighted by atomic mass is 35.5. The van der Waals surface area contributed by atoms with Crippen molar-refractivity contribution < 1.29 is 0 Å². The van der Waals surface area contributed by atoms with Crippen LogP contribution < -0.4 is 10.6 Å².